The van der Waals surface area contributed by atoms with Crippen molar-refractivity contribution in [2.75, 3.05) is 11.9 Å². The van der Waals surface area contributed by atoms with Gasteiger partial charge in [0.2, 0.25) is 5.28 Å². The van der Waals surface area contributed by atoms with Crippen molar-refractivity contribution in [2.45, 2.75) is 24.9 Å². The van der Waals surface area contributed by atoms with Crippen molar-refractivity contribution in [1.29, 1.82) is 0 Å². The standard InChI is InChI=1S/C10H12ClN5O/c11-9-14-7(6-4-13-16-8(6)15-9)12-5-10(17)2-1-3-10/h4,17H,1-3,5H2,(H2,12,13,14,15,16). The fourth-order valence-electron chi connectivity index (χ4n) is 1.95. The summed E-state index contributed by atoms with van der Waals surface area (Å²) in [6, 6.07) is 0. The van der Waals surface area contributed by atoms with Gasteiger partial charge in [-0.3, -0.25) is 5.10 Å². The molecule has 2 heterocycles. The van der Waals surface area contributed by atoms with Crippen LogP contribution in [0.5, 0.6) is 0 Å². The maximum Gasteiger partial charge on any atom is 0.226 e. The number of nitrogens with zero attached hydrogens (tertiary/aromatic N) is 3. The average Bonchev–Trinajstić information content (AvgIpc) is 2.71. The smallest absolute Gasteiger partial charge is 0.226 e. The quantitative estimate of drug-likeness (QED) is 0.719. The number of hydrogen-bond donors (Lipinski definition) is 3. The Hall–Kier alpha value is -1.40. The summed E-state index contributed by atoms with van der Waals surface area (Å²) in [4.78, 5) is 8.12. The molecule has 0 radical (unpaired) electrons. The van der Waals surface area contributed by atoms with Gasteiger partial charge < -0.3 is 10.4 Å². The van der Waals surface area contributed by atoms with Crippen LogP contribution in [0.3, 0.4) is 0 Å². The zero-order valence-corrected chi connectivity index (χ0v) is 9.83. The number of anilines is 1. The average molecular weight is 254 g/mol. The molecular formula is C10H12ClN5O. The lowest BCUT2D eigenvalue weighted by Crippen LogP contribution is -2.43. The highest BCUT2D eigenvalue weighted by Crippen LogP contribution is 2.32. The van der Waals surface area contributed by atoms with Gasteiger partial charge in [0.05, 0.1) is 17.2 Å². The number of aromatic nitrogens is 4. The number of hydrogen-bond acceptors (Lipinski definition) is 5. The molecule has 0 saturated heterocycles. The summed E-state index contributed by atoms with van der Waals surface area (Å²) in [6.07, 6.45) is 4.36. The van der Waals surface area contributed by atoms with E-state index in [0.29, 0.717) is 18.0 Å². The van der Waals surface area contributed by atoms with E-state index in [1.165, 1.54) is 0 Å². The number of fused-ring (bicyclic) bond motifs is 1. The molecule has 0 bridgehead atoms. The molecular weight excluding hydrogens is 242 g/mol. The first-order valence-electron chi connectivity index (χ1n) is 5.49. The number of halogens is 1. The maximum atomic E-state index is 10.0. The SMILES string of the molecule is OC1(CNc2nc(Cl)nc3[nH]ncc23)CCC1. The summed E-state index contributed by atoms with van der Waals surface area (Å²) in [6.45, 7) is 0.473. The van der Waals surface area contributed by atoms with Gasteiger partial charge in [-0.2, -0.15) is 15.1 Å². The molecule has 1 saturated carbocycles. The molecule has 7 heteroatoms. The van der Waals surface area contributed by atoms with Crippen LogP contribution in [-0.4, -0.2) is 37.4 Å². The first-order chi connectivity index (χ1) is 8.16. The van der Waals surface area contributed by atoms with Crippen molar-refractivity contribution in [3.63, 3.8) is 0 Å². The highest BCUT2D eigenvalue weighted by atomic mass is 35.5. The van der Waals surface area contributed by atoms with Gasteiger partial charge in [0, 0.05) is 6.54 Å². The Kier molecular flexibility index (Phi) is 2.41. The van der Waals surface area contributed by atoms with Crippen LogP contribution in [-0.2, 0) is 0 Å². The van der Waals surface area contributed by atoms with Crippen LogP contribution >= 0.6 is 11.6 Å². The first-order valence-corrected chi connectivity index (χ1v) is 5.87. The minimum Gasteiger partial charge on any atom is -0.388 e. The lowest BCUT2D eigenvalue weighted by molar-refractivity contribution is -0.0202. The summed E-state index contributed by atoms with van der Waals surface area (Å²) in [7, 11) is 0. The van der Waals surface area contributed by atoms with E-state index in [0.717, 1.165) is 24.6 Å². The number of rotatable bonds is 3. The lowest BCUT2D eigenvalue weighted by Gasteiger charge is -2.36. The van der Waals surface area contributed by atoms with Crippen molar-refractivity contribution in [3.8, 4) is 0 Å². The fraction of sp³-hybridized carbons (Fsp3) is 0.500. The van der Waals surface area contributed by atoms with Gasteiger partial charge in [0.1, 0.15) is 5.82 Å². The van der Waals surface area contributed by atoms with Crippen molar-refractivity contribution >= 4 is 28.5 Å². The topological polar surface area (TPSA) is 86.7 Å². The zero-order chi connectivity index (χ0) is 11.9. The summed E-state index contributed by atoms with van der Waals surface area (Å²) in [5, 5.41) is 20.7. The normalized spacial score (nSPS) is 18.0. The monoisotopic (exact) mass is 253 g/mol. The van der Waals surface area contributed by atoms with Crippen molar-refractivity contribution in [2.24, 2.45) is 0 Å². The predicted molar refractivity (Wildman–Crippen MR) is 64.0 cm³/mol. The Bertz CT molecular complexity index is 551. The third kappa shape index (κ3) is 1.94. The predicted octanol–water partition coefficient (Wildman–Crippen LogP) is 1.33. The summed E-state index contributed by atoms with van der Waals surface area (Å²) in [5.41, 5.74) is -0.0129. The van der Waals surface area contributed by atoms with Gasteiger partial charge in [0.25, 0.3) is 0 Å². The Morgan fingerprint density at radius 3 is 3.00 bits per heavy atom. The molecule has 1 aliphatic carbocycles. The van der Waals surface area contributed by atoms with Crippen LogP contribution in [0.25, 0.3) is 11.0 Å². The van der Waals surface area contributed by atoms with Crippen LogP contribution in [0.2, 0.25) is 5.28 Å². The second-order valence-corrected chi connectivity index (χ2v) is 4.74. The van der Waals surface area contributed by atoms with Gasteiger partial charge in [0.15, 0.2) is 5.65 Å². The highest BCUT2D eigenvalue weighted by molar-refractivity contribution is 6.28. The highest BCUT2D eigenvalue weighted by Gasteiger charge is 2.34. The second kappa shape index (κ2) is 3.82. The molecule has 0 spiro atoms. The molecule has 1 fully saturated rings. The molecule has 0 aliphatic heterocycles. The molecule has 0 amide bonds. The first kappa shape index (κ1) is 10.7. The number of aliphatic hydroxyl groups is 1. The molecule has 2 aromatic heterocycles. The third-order valence-corrected chi connectivity index (χ3v) is 3.32. The Labute approximate surface area is 102 Å². The fourth-order valence-corrected chi connectivity index (χ4v) is 2.12. The minimum absolute atomic E-state index is 0.157. The number of aromatic amines is 1. The summed E-state index contributed by atoms with van der Waals surface area (Å²) < 4.78 is 0. The second-order valence-electron chi connectivity index (χ2n) is 4.40. The van der Waals surface area contributed by atoms with Gasteiger partial charge in [-0.25, -0.2) is 0 Å². The molecule has 0 aromatic carbocycles. The number of nitrogens with one attached hydrogen (secondary N) is 2. The molecule has 0 unspecified atom stereocenters. The Morgan fingerprint density at radius 2 is 2.29 bits per heavy atom. The molecule has 0 atom stereocenters. The summed E-state index contributed by atoms with van der Waals surface area (Å²) in [5.74, 6) is 0.606. The molecule has 1 aliphatic rings. The number of H-pyrrole nitrogens is 1. The molecule has 6 nitrogen and oxygen atoms in total. The van der Waals surface area contributed by atoms with Crippen LogP contribution in [0.15, 0.2) is 6.20 Å². The largest absolute Gasteiger partial charge is 0.388 e. The van der Waals surface area contributed by atoms with Gasteiger partial charge >= 0.3 is 0 Å². The van der Waals surface area contributed by atoms with E-state index in [1.54, 1.807) is 6.20 Å². The Balaban J connectivity index is 1.86. The zero-order valence-electron chi connectivity index (χ0n) is 9.07. The van der Waals surface area contributed by atoms with E-state index in [2.05, 4.69) is 25.5 Å². The van der Waals surface area contributed by atoms with Crippen molar-refractivity contribution < 1.29 is 5.11 Å². The van der Waals surface area contributed by atoms with Crippen molar-refractivity contribution in [1.82, 2.24) is 20.2 Å². The van der Waals surface area contributed by atoms with Crippen LogP contribution < -0.4 is 5.32 Å². The van der Waals surface area contributed by atoms with E-state index in [9.17, 15) is 5.11 Å². The van der Waals surface area contributed by atoms with Crippen LogP contribution in [0.4, 0.5) is 5.82 Å². The Morgan fingerprint density at radius 1 is 1.47 bits per heavy atom. The molecule has 3 N–H and O–H groups in total. The van der Waals surface area contributed by atoms with Crippen molar-refractivity contribution in [3.05, 3.63) is 11.5 Å². The van der Waals surface area contributed by atoms with E-state index >= 15 is 0 Å². The van der Waals surface area contributed by atoms with Crippen LogP contribution in [0.1, 0.15) is 19.3 Å². The van der Waals surface area contributed by atoms with E-state index < -0.39 is 5.60 Å². The van der Waals surface area contributed by atoms with E-state index in [-0.39, 0.29) is 5.28 Å². The molecule has 90 valence electrons. The molecule has 17 heavy (non-hydrogen) atoms. The van der Waals surface area contributed by atoms with Gasteiger partial charge in [-0.15, -0.1) is 0 Å². The third-order valence-electron chi connectivity index (χ3n) is 3.15. The minimum atomic E-state index is -0.604. The molecule has 2 aromatic rings. The van der Waals surface area contributed by atoms with Gasteiger partial charge in [-0.05, 0) is 30.9 Å². The van der Waals surface area contributed by atoms with Crippen LogP contribution in [0, 0.1) is 0 Å². The summed E-state index contributed by atoms with van der Waals surface area (Å²) >= 11 is 5.81. The maximum absolute atomic E-state index is 10.0. The lowest BCUT2D eigenvalue weighted by atomic mass is 9.80. The van der Waals surface area contributed by atoms with Gasteiger partial charge in [-0.1, -0.05) is 0 Å². The van der Waals surface area contributed by atoms with E-state index in [4.69, 9.17) is 11.6 Å². The molecule has 3 rings (SSSR count). The van der Waals surface area contributed by atoms with E-state index in [1.807, 2.05) is 0 Å².